The fraction of sp³-hybridized carbons (Fsp3) is 0.333. The van der Waals surface area contributed by atoms with E-state index in [1.54, 1.807) is 23.1 Å². The molecule has 1 aliphatic rings. The number of rotatable bonds is 6. The summed E-state index contributed by atoms with van der Waals surface area (Å²) in [4.78, 5) is 22.2. The van der Waals surface area contributed by atoms with E-state index in [2.05, 4.69) is 20.8 Å². The SMILES string of the molecule is O=C(c1ccc(Cl)cc1Cl)N(CCCN1CCOCC1)c1nc2ccc(Br)cc2s1. The molecule has 30 heavy (non-hydrogen) atoms. The summed E-state index contributed by atoms with van der Waals surface area (Å²) in [6.07, 6.45) is 0.830. The maximum atomic E-state index is 13.4. The number of carbonyl (C=O) groups excluding carboxylic acids is 1. The first-order valence-corrected chi connectivity index (χ1v) is 12.0. The van der Waals surface area contributed by atoms with Gasteiger partial charge in [0.1, 0.15) is 0 Å². The van der Waals surface area contributed by atoms with Crippen LogP contribution in [0.5, 0.6) is 0 Å². The third-order valence-electron chi connectivity index (χ3n) is 4.94. The van der Waals surface area contributed by atoms with Crippen LogP contribution in [0.2, 0.25) is 10.0 Å². The molecule has 2 aromatic carbocycles. The predicted octanol–water partition coefficient (Wildman–Crippen LogP) is 5.73. The Kier molecular flexibility index (Phi) is 7.28. The molecule has 3 aromatic rings. The summed E-state index contributed by atoms with van der Waals surface area (Å²) >= 11 is 17.3. The van der Waals surface area contributed by atoms with Crippen molar-refractivity contribution in [2.24, 2.45) is 0 Å². The van der Waals surface area contributed by atoms with Gasteiger partial charge in [-0.2, -0.15) is 0 Å². The average molecular weight is 529 g/mol. The normalized spacial score (nSPS) is 14.9. The standard InChI is InChI=1S/C21H20BrCl2N3O2S/c22-14-2-5-18-19(12-14)30-21(25-18)27(7-1-6-26-8-10-29-11-9-26)20(28)16-4-3-15(23)13-17(16)24/h2-5,12-13H,1,6-11H2. The second-order valence-corrected chi connectivity index (χ2v) is 9.77. The Hall–Kier alpha value is -1.22. The van der Waals surface area contributed by atoms with E-state index in [9.17, 15) is 4.79 Å². The molecule has 0 aliphatic carbocycles. The van der Waals surface area contributed by atoms with Crippen LogP contribution in [0.3, 0.4) is 0 Å². The van der Waals surface area contributed by atoms with Crippen molar-refractivity contribution in [3.05, 3.63) is 56.5 Å². The number of ether oxygens (including phenoxy) is 1. The van der Waals surface area contributed by atoms with E-state index in [4.69, 9.17) is 32.9 Å². The van der Waals surface area contributed by atoms with E-state index >= 15 is 0 Å². The second-order valence-electron chi connectivity index (χ2n) is 7.00. The van der Waals surface area contributed by atoms with Crippen molar-refractivity contribution >= 4 is 71.7 Å². The van der Waals surface area contributed by atoms with Crippen LogP contribution >= 0.6 is 50.5 Å². The highest BCUT2D eigenvalue weighted by molar-refractivity contribution is 9.10. The van der Waals surface area contributed by atoms with Crippen molar-refractivity contribution in [1.82, 2.24) is 9.88 Å². The summed E-state index contributed by atoms with van der Waals surface area (Å²) in [5.74, 6) is -0.170. The minimum Gasteiger partial charge on any atom is -0.379 e. The molecule has 0 radical (unpaired) electrons. The number of morpholine rings is 1. The Morgan fingerprint density at radius 2 is 2.00 bits per heavy atom. The molecule has 1 amide bonds. The fourth-order valence-electron chi connectivity index (χ4n) is 3.37. The number of amides is 1. The summed E-state index contributed by atoms with van der Waals surface area (Å²) in [6.45, 7) is 4.82. The number of hydrogen-bond donors (Lipinski definition) is 0. The Morgan fingerprint density at radius 3 is 2.77 bits per heavy atom. The van der Waals surface area contributed by atoms with Crippen LogP contribution in [0, 0.1) is 0 Å². The number of anilines is 1. The maximum Gasteiger partial charge on any atom is 0.261 e. The predicted molar refractivity (Wildman–Crippen MR) is 127 cm³/mol. The van der Waals surface area contributed by atoms with Crippen LogP contribution in [0.1, 0.15) is 16.8 Å². The number of hydrogen-bond acceptors (Lipinski definition) is 5. The molecule has 0 N–H and O–H groups in total. The van der Waals surface area contributed by atoms with Crippen LogP contribution in [0.4, 0.5) is 5.13 Å². The molecular weight excluding hydrogens is 509 g/mol. The van der Waals surface area contributed by atoms with Crippen molar-refractivity contribution in [3.63, 3.8) is 0 Å². The van der Waals surface area contributed by atoms with E-state index in [1.165, 1.54) is 11.3 Å². The first-order valence-electron chi connectivity index (χ1n) is 9.64. The second kappa shape index (κ2) is 9.94. The zero-order chi connectivity index (χ0) is 21.1. The van der Waals surface area contributed by atoms with Gasteiger partial charge in [-0.15, -0.1) is 0 Å². The third kappa shape index (κ3) is 5.15. The topological polar surface area (TPSA) is 45.7 Å². The van der Waals surface area contributed by atoms with E-state index < -0.39 is 0 Å². The van der Waals surface area contributed by atoms with Gasteiger partial charge < -0.3 is 4.74 Å². The molecule has 1 saturated heterocycles. The molecule has 1 aliphatic heterocycles. The van der Waals surface area contributed by atoms with Crippen molar-refractivity contribution in [3.8, 4) is 0 Å². The summed E-state index contributed by atoms with van der Waals surface area (Å²) in [7, 11) is 0. The summed E-state index contributed by atoms with van der Waals surface area (Å²) in [6, 6.07) is 10.9. The molecule has 9 heteroatoms. The zero-order valence-electron chi connectivity index (χ0n) is 16.1. The van der Waals surface area contributed by atoms with Crippen LogP contribution < -0.4 is 4.90 Å². The molecule has 5 nitrogen and oxygen atoms in total. The van der Waals surface area contributed by atoms with Crippen molar-refractivity contribution in [2.45, 2.75) is 6.42 Å². The highest BCUT2D eigenvalue weighted by Gasteiger charge is 2.23. The van der Waals surface area contributed by atoms with E-state index in [-0.39, 0.29) is 5.91 Å². The molecule has 0 unspecified atom stereocenters. The van der Waals surface area contributed by atoms with Crippen LogP contribution in [0.15, 0.2) is 40.9 Å². The molecule has 158 valence electrons. The van der Waals surface area contributed by atoms with Gasteiger partial charge in [-0.25, -0.2) is 4.98 Å². The first kappa shape index (κ1) is 22.0. The lowest BCUT2D eigenvalue weighted by Crippen LogP contribution is -2.39. The number of carbonyl (C=O) groups is 1. The smallest absolute Gasteiger partial charge is 0.261 e. The quantitative estimate of drug-likeness (QED) is 0.409. The molecular formula is C21H20BrCl2N3O2S. The third-order valence-corrected chi connectivity index (χ3v) is 7.02. The highest BCUT2D eigenvalue weighted by Crippen LogP contribution is 2.33. The lowest BCUT2D eigenvalue weighted by molar-refractivity contribution is 0.0376. The van der Waals surface area contributed by atoms with Crippen molar-refractivity contribution in [1.29, 1.82) is 0 Å². The summed E-state index contributed by atoms with van der Waals surface area (Å²) in [5, 5.41) is 1.51. The molecule has 0 spiro atoms. The Labute approximate surface area is 197 Å². The molecule has 1 fully saturated rings. The van der Waals surface area contributed by atoms with Gasteiger partial charge >= 0.3 is 0 Å². The van der Waals surface area contributed by atoms with Gasteiger partial charge in [-0.3, -0.25) is 14.6 Å². The molecule has 1 aromatic heterocycles. The van der Waals surface area contributed by atoms with Gasteiger partial charge in [0.15, 0.2) is 5.13 Å². The fourth-order valence-corrected chi connectivity index (χ4v) is 5.40. The van der Waals surface area contributed by atoms with Gasteiger partial charge in [0.2, 0.25) is 0 Å². The first-order chi connectivity index (χ1) is 14.5. The minimum absolute atomic E-state index is 0.170. The minimum atomic E-state index is -0.170. The number of thiazole rings is 1. The van der Waals surface area contributed by atoms with Gasteiger partial charge in [-0.05, 0) is 42.8 Å². The number of nitrogens with zero attached hydrogens (tertiary/aromatic N) is 3. The Bertz CT molecular complexity index is 1060. The van der Waals surface area contributed by atoms with Gasteiger partial charge in [0.25, 0.3) is 5.91 Å². The average Bonchev–Trinajstić information content (AvgIpc) is 3.14. The van der Waals surface area contributed by atoms with Crippen LogP contribution in [-0.2, 0) is 4.74 Å². The van der Waals surface area contributed by atoms with Crippen molar-refractivity contribution in [2.75, 3.05) is 44.3 Å². The Morgan fingerprint density at radius 1 is 1.20 bits per heavy atom. The van der Waals surface area contributed by atoms with Crippen LogP contribution in [0.25, 0.3) is 10.2 Å². The van der Waals surface area contributed by atoms with Gasteiger partial charge in [-0.1, -0.05) is 50.5 Å². The summed E-state index contributed by atoms with van der Waals surface area (Å²) < 4.78 is 7.42. The molecule has 0 atom stereocenters. The zero-order valence-corrected chi connectivity index (χ0v) is 20.0. The van der Waals surface area contributed by atoms with Gasteiger partial charge in [0.05, 0.1) is 34.0 Å². The summed E-state index contributed by atoms with van der Waals surface area (Å²) in [5.41, 5.74) is 1.29. The largest absolute Gasteiger partial charge is 0.379 e. The van der Waals surface area contributed by atoms with E-state index in [0.717, 1.165) is 54.0 Å². The Balaban J connectivity index is 1.59. The number of aromatic nitrogens is 1. The van der Waals surface area contributed by atoms with Gasteiger partial charge in [0, 0.05) is 35.7 Å². The number of halogens is 3. The molecule has 0 saturated carbocycles. The van der Waals surface area contributed by atoms with E-state index in [1.807, 2.05) is 18.2 Å². The lowest BCUT2D eigenvalue weighted by atomic mass is 10.2. The van der Waals surface area contributed by atoms with Crippen LogP contribution in [-0.4, -0.2) is 55.2 Å². The number of fused-ring (bicyclic) bond motifs is 1. The van der Waals surface area contributed by atoms with Crippen molar-refractivity contribution < 1.29 is 9.53 Å². The molecule has 0 bridgehead atoms. The molecule has 2 heterocycles. The lowest BCUT2D eigenvalue weighted by Gasteiger charge is -2.27. The highest BCUT2D eigenvalue weighted by atomic mass is 79.9. The maximum absolute atomic E-state index is 13.4. The molecule has 4 rings (SSSR count). The van der Waals surface area contributed by atoms with E-state index in [0.29, 0.717) is 27.3 Å². The number of benzene rings is 2. The monoisotopic (exact) mass is 527 g/mol.